The van der Waals surface area contributed by atoms with E-state index in [2.05, 4.69) is 17.1 Å². The molecule has 0 saturated carbocycles. The molecule has 0 spiro atoms. The minimum absolute atomic E-state index is 0.0163. The summed E-state index contributed by atoms with van der Waals surface area (Å²) in [5.74, 6) is 0.790. The summed E-state index contributed by atoms with van der Waals surface area (Å²) < 4.78 is 0. The number of nitrogens with one attached hydrogen (secondary N) is 1. The number of amides is 1. The van der Waals surface area contributed by atoms with Gasteiger partial charge in [0.25, 0.3) is 0 Å². The summed E-state index contributed by atoms with van der Waals surface area (Å²) in [6, 6.07) is 7.22. The van der Waals surface area contributed by atoms with Crippen LogP contribution in [0, 0.1) is 5.92 Å². The van der Waals surface area contributed by atoms with E-state index >= 15 is 0 Å². The number of halogens is 1. The Morgan fingerprint density at radius 2 is 2.00 bits per heavy atom. The van der Waals surface area contributed by atoms with Crippen molar-refractivity contribution >= 4 is 23.2 Å². The molecular weight excluding hydrogens is 260 g/mol. The van der Waals surface area contributed by atoms with Crippen molar-refractivity contribution in [3.05, 3.63) is 29.3 Å². The van der Waals surface area contributed by atoms with Gasteiger partial charge in [0.2, 0.25) is 5.91 Å². The van der Waals surface area contributed by atoms with Crippen molar-refractivity contribution in [3.8, 4) is 0 Å². The minimum atomic E-state index is -0.108. The highest BCUT2D eigenvalue weighted by atomic mass is 35.5. The second kappa shape index (κ2) is 6.40. The van der Waals surface area contributed by atoms with E-state index in [1.807, 2.05) is 25.1 Å². The lowest BCUT2D eigenvalue weighted by molar-refractivity contribution is -0.121. The molecule has 19 heavy (non-hydrogen) atoms. The summed E-state index contributed by atoms with van der Waals surface area (Å²) in [4.78, 5) is 14.5. The van der Waals surface area contributed by atoms with Gasteiger partial charge in [-0.25, -0.2) is 0 Å². The van der Waals surface area contributed by atoms with E-state index in [-0.39, 0.29) is 11.9 Å². The third kappa shape index (κ3) is 3.71. The number of nitrogens with zero attached hydrogens (tertiary/aromatic N) is 1. The Hall–Kier alpha value is -1.06. The molecular formula is C15H21ClN2O. The molecule has 1 fully saturated rings. The number of benzene rings is 1. The number of rotatable bonds is 3. The van der Waals surface area contributed by atoms with Crippen LogP contribution in [0.2, 0.25) is 5.02 Å². The van der Waals surface area contributed by atoms with Crippen molar-refractivity contribution in [1.82, 2.24) is 4.90 Å². The molecule has 0 aliphatic carbocycles. The van der Waals surface area contributed by atoms with E-state index in [9.17, 15) is 4.79 Å². The maximum Gasteiger partial charge on any atom is 0.241 e. The van der Waals surface area contributed by atoms with Crippen LogP contribution < -0.4 is 5.32 Å². The van der Waals surface area contributed by atoms with Crippen molar-refractivity contribution < 1.29 is 4.79 Å². The quantitative estimate of drug-likeness (QED) is 0.920. The summed E-state index contributed by atoms with van der Waals surface area (Å²) in [7, 11) is 0. The molecule has 2 rings (SSSR count). The van der Waals surface area contributed by atoms with Gasteiger partial charge in [0, 0.05) is 0 Å². The standard InChI is InChI=1S/C15H21ClN2O/c1-11-7-9-18(10-8-11)12(2)15(19)17-14-6-4-3-5-13(14)16/h3-6,11-12H,7-10H2,1-2H3,(H,17,19). The number of carbonyl (C=O) groups is 1. The van der Waals surface area contributed by atoms with Crippen LogP contribution in [0.15, 0.2) is 24.3 Å². The van der Waals surface area contributed by atoms with E-state index in [0.29, 0.717) is 10.7 Å². The molecule has 1 atom stereocenters. The highest BCUT2D eigenvalue weighted by Crippen LogP contribution is 2.22. The summed E-state index contributed by atoms with van der Waals surface area (Å²) in [5, 5.41) is 3.48. The molecule has 1 heterocycles. The highest BCUT2D eigenvalue weighted by Gasteiger charge is 2.25. The Morgan fingerprint density at radius 1 is 1.37 bits per heavy atom. The number of hydrogen-bond donors (Lipinski definition) is 1. The first-order valence-corrected chi connectivity index (χ1v) is 7.25. The van der Waals surface area contributed by atoms with Gasteiger partial charge in [-0.05, 0) is 50.9 Å². The fraction of sp³-hybridized carbons (Fsp3) is 0.533. The lowest BCUT2D eigenvalue weighted by Gasteiger charge is -2.34. The largest absolute Gasteiger partial charge is 0.323 e. The summed E-state index contributed by atoms with van der Waals surface area (Å²) in [6.45, 7) is 6.23. The Kier molecular flexibility index (Phi) is 4.83. The summed E-state index contributed by atoms with van der Waals surface area (Å²) in [6.07, 6.45) is 2.34. The molecule has 104 valence electrons. The zero-order chi connectivity index (χ0) is 13.8. The first kappa shape index (κ1) is 14.4. The zero-order valence-electron chi connectivity index (χ0n) is 11.5. The van der Waals surface area contributed by atoms with Crippen LogP contribution >= 0.6 is 11.6 Å². The van der Waals surface area contributed by atoms with Crippen LogP contribution in [0.25, 0.3) is 0 Å². The normalized spacial score (nSPS) is 19.1. The zero-order valence-corrected chi connectivity index (χ0v) is 12.3. The predicted octanol–water partition coefficient (Wildman–Crippen LogP) is 3.40. The van der Waals surface area contributed by atoms with Crippen LogP contribution in [0.3, 0.4) is 0 Å². The Labute approximate surface area is 119 Å². The van der Waals surface area contributed by atoms with Gasteiger partial charge in [-0.3, -0.25) is 9.69 Å². The third-order valence-corrected chi connectivity index (χ3v) is 4.21. The number of para-hydroxylation sites is 1. The van der Waals surface area contributed by atoms with Gasteiger partial charge >= 0.3 is 0 Å². The smallest absolute Gasteiger partial charge is 0.241 e. The molecule has 1 N–H and O–H groups in total. The number of anilines is 1. The molecule has 1 amide bonds. The van der Waals surface area contributed by atoms with Gasteiger partial charge in [0.15, 0.2) is 0 Å². The van der Waals surface area contributed by atoms with Gasteiger partial charge in [-0.1, -0.05) is 30.7 Å². The van der Waals surface area contributed by atoms with Crippen LogP contribution in [0.4, 0.5) is 5.69 Å². The average molecular weight is 281 g/mol. The minimum Gasteiger partial charge on any atom is -0.323 e. The van der Waals surface area contributed by atoms with Gasteiger partial charge in [0.1, 0.15) is 0 Å². The van der Waals surface area contributed by atoms with E-state index in [0.717, 1.165) is 19.0 Å². The second-order valence-electron chi connectivity index (χ2n) is 5.36. The number of piperidine rings is 1. The second-order valence-corrected chi connectivity index (χ2v) is 5.77. The lowest BCUT2D eigenvalue weighted by Crippen LogP contribution is -2.45. The molecule has 0 bridgehead atoms. The molecule has 0 aromatic heterocycles. The van der Waals surface area contributed by atoms with Crippen LogP contribution in [-0.2, 0) is 4.79 Å². The van der Waals surface area contributed by atoms with E-state index < -0.39 is 0 Å². The Balaban J connectivity index is 1.94. The topological polar surface area (TPSA) is 32.3 Å². The highest BCUT2D eigenvalue weighted by molar-refractivity contribution is 6.33. The van der Waals surface area contributed by atoms with Crippen molar-refractivity contribution in [1.29, 1.82) is 0 Å². The van der Waals surface area contributed by atoms with E-state index in [4.69, 9.17) is 11.6 Å². The summed E-state index contributed by atoms with van der Waals surface area (Å²) >= 11 is 6.05. The van der Waals surface area contributed by atoms with Gasteiger partial charge in [-0.2, -0.15) is 0 Å². The lowest BCUT2D eigenvalue weighted by atomic mass is 9.98. The molecule has 1 aliphatic rings. The number of hydrogen-bond acceptors (Lipinski definition) is 2. The van der Waals surface area contributed by atoms with Crippen molar-refractivity contribution in [2.45, 2.75) is 32.7 Å². The SMILES string of the molecule is CC1CCN(C(C)C(=O)Nc2ccccc2Cl)CC1. The fourth-order valence-corrected chi connectivity index (χ4v) is 2.56. The number of likely N-dealkylation sites (tertiary alicyclic amines) is 1. The van der Waals surface area contributed by atoms with E-state index in [1.165, 1.54) is 12.8 Å². The number of carbonyl (C=O) groups excluding carboxylic acids is 1. The van der Waals surface area contributed by atoms with Crippen LogP contribution in [-0.4, -0.2) is 29.9 Å². The van der Waals surface area contributed by atoms with Crippen molar-refractivity contribution in [2.24, 2.45) is 5.92 Å². The molecule has 3 nitrogen and oxygen atoms in total. The first-order valence-electron chi connectivity index (χ1n) is 6.87. The molecule has 1 unspecified atom stereocenters. The van der Waals surface area contributed by atoms with Crippen molar-refractivity contribution in [2.75, 3.05) is 18.4 Å². The molecule has 1 aromatic rings. The third-order valence-electron chi connectivity index (χ3n) is 3.88. The molecule has 0 radical (unpaired) electrons. The monoisotopic (exact) mass is 280 g/mol. The predicted molar refractivity (Wildman–Crippen MR) is 79.5 cm³/mol. The first-order chi connectivity index (χ1) is 9.08. The van der Waals surface area contributed by atoms with Crippen LogP contribution in [0.5, 0.6) is 0 Å². The Bertz CT molecular complexity index is 442. The fourth-order valence-electron chi connectivity index (χ4n) is 2.38. The summed E-state index contributed by atoms with van der Waals surface area (Å²) in [5.41, 5.74) is 0.686. The van der Waals surface area contributed by atoms with Crippen LogP contribution in [0.1, 0.15) is 26.7 Å². The maximum atomic E-state index is 12.2. The molecule has 4 heteroatoms. The maximum absolute atomic E-state index is 12.2. The molecule has 1 aromatic carbocycles. The van der Waals surface area contributed by atoms with Gasteiger partial charge in [-0.15, -0.1) is 0 Å². The Morgan fingerprint density at radius 3 is 2.63 bits per heavy atom. The molecule has 1 aliphatic heterocycles. The van der Waals surface area contributed by atoms with Crippen molar-refractivity contribution in [3.63, 3.8) is 0 Å². The van der Waals surface area contributed by atoms with E-state index in [1.54, 1.807) is 6.07 Å². The average Bonchev–Trinajstić information content (AvgIpc) is 2.41. The van der Waals surface area contributed by atoms with Gasteiger partial charge in [0.05, 0.1) is 16.8 Å². The van der Waals surface area contributed by atoms with Gasteiger partial charge < -0.3 is 5.32 Å². The molecule has 1 saturated heterocycles.